The maximum absolute atomic E-state index is 10.5. The SMILES string of the molecule is CCCCCCCCCCc1c(CN)cc(OC)c(OC)c1O. The number of nitrogens with two attached hydrogens (primary N) is 1. The van der Waals surface area contributed by atoms with Crippen molar-refractivity contribution in [2.45, 2.75) is 71.3 Å². The van der Waals surface area contributed by atoms with E-state index in [1.54, 1.807) is 14.2 Å². The van der Waals surface area contributed by atoms with Crippen LogP contribution in [0.15, 0.2) is 6.07 Å². The Morgan fingerprint density at radius 3 is 2.09 bits per heavy atom. The molecule has 1 aromatic carbocycles. The monoisotopic (exact) mass is 323 g/mol. The van der Waals surface area contributed by atoms with E-state index >= 15 is 0 Å². The molecule has 4 nitrogen and oxygen atoms in total. The van der Waals surface area contributed by atoms with Crippen molar-refractivity contribution < 1.29 is 14.6 Å². The molecule has 0 saturated carbocycles. The molecule has 0 atom stereocenters. The fourth-order valence-corrected chi connectivity index (χ4v) is 2.96. The van der Waals surface area contributed by atoms with Gasteiger partial charge in [-0.05, 0) is 24.5 Å². The van der Waals surface area contributed by atoms with Crippen LogP contribution in [-0.4, -0.2) is 19.3 Å². The molecular weight excluding hydrogens is 290 g/mol. The first-order valence-corrected chi connectivity index (χ1v) is 8.85. The zero-order chi connectivity index (χ0) is 17.1. The van der Waals surface area contributed by atoms with Gasteiger partial charge in [0.05, 0.1) is 14.2 Å². The number of phenolic OH excluding ortho intramolecular Hbond substituents is 1. The van der Waals surface area contributed by atoms with E-state index in [1.807, 2.05) is 6.07 Å². The minimum absolute atomic E-state index is 0.176. The standard InChI is InChI=1S/C19H33NO3/c1-4-5-6-7-8-9-10-11-12-16-15(14-20)13-17(22-2)19(23-3)18(16)21/h13,21H,4-12,14,20H2,1-3H3. The minimum Gasteiger partial charge on any atom is -0.504 e. The van der Waals surface area contributed by atoms with E-state index in [2.05, 4.69) is 6.92 Å². The average molecular weight is 323 g/mol. The molecule has 0 aromatic heterocycles. The average Bonchev–Trinajstić information content (AvgIpc) is 2.57. The van der Waals surface area contributed by atoms with Gasteiger partial charge in [0.2, 0.25) is 5.75 Å². The molecule has 0 aliphatic rings. The second-order valence-corrected chi connectivity index (χ2v) is 6.03. The molecular formula is C19H33NO3. The summed E-state index contributed by atoms with van der Waals surface area (Å²) in [5, 5.41) is 10.5. The van der Waals surface area contributed by atoms with Crippen LogP contribution in [0.1, 0.15) is 69.4 Å². The first-order valence-electron chi connectivity index (χ1n) is 8.85. The maximum Gasteiger partial charge on any atom is 0.203 e. The van der Waals surface area contributed by atoms with Crippen LogP contribution in [0.3, 0.4) is 0 Å². The van der Waals surface area contributed by atoms with E-state index in [-0.39, 0.29) is 5.75 Å². The quantitative estimate of drug-likeness (QED) is 0.554. The van der Waals surface area contributed by atoms with Crippen LogP contribution < -0.4 is 15.2 Å². The largest absolute Gasteiger partial charge is 0.504 e. The van der Waals surface area contributed by atoms with Crippen molar-refractivity contribution in [3.63, 3.8) is 0 Å². The Morgan fingerprint density at radius 2 is 1.57 bits per heavy atom. The predicted molar refractivity (Wildman–Crippen MR) is 95.4 cm³/mol. The predicted octanol–water partition coefficient (Wildman–Crippen LogP) is 4.55. The van der Waals surface area contributed by atoms with Crippen molar-refractivity contribution in [1.82, 2.24) is 0 Å². The van der Waals surface area contributed by atoms with Crippen molar-refractivity contribution in [1.29, 1.82) is 0 Å². The summed E-state index contributed by atoms with van der Waals surface area (Å²) in [6, 6.07) is 1.87. The topological polar surface area (TPSA) is 64.7 Å². The first kappa shape index (κ1) is 19.6. The fraction of sp³-hybridized carbons (Fsp3) is 0.684. The van der Waals surface area contributed by atoms with Gasteiger partial charge >= 0.3 is 0 Å². The lowest BCUT2D eigenvalue weighted by Crippen LogP contribution is -2.05. The summed E-state index contributed by atoms with van der Waals surface area (Å²) in [6.07, 6.45) is 11.0. The number of unbranched alkanes of at least 4 members (excludes halogenated alkanes) is 7. The minimum atomic E-state index is 0.176. The Labute approximate surface area is 141 Å². The van der Waals surface area contributed by atoms with Gasteiger partial charge in [-0.1, -0.05) is 51.9 Å². The van der Waals surface area contributed by atoms with E-state index in [0.29, 0.717) is 18.0 Å². The summed E-state index contributed by atoms with van der Waals surface area (Å²) in [7, 11) is 3.11. The van der Waals surface area contributed by atoms with E-state index < -0.39 is 0 Å². The van der Waals surface area contributed by atoms with Crippen molar-refractivity contribution in [3.05, 3.63) is 17.2 Å². The number of benzene rings is 1. The second-order valence-electron chi connectivity index (χ2n) is 6.03. The smallest absolute Gasteiger partial charge is 0.203 e. The molecule has 0 aliphatic carbocycles. The molecule has 0 fully saturated rings. The molecule has 1 aromatic rings. The highest BCUT2D eigenvalue weighted by molar-refractivity contribution is 5.58. The van der Waals surface area contributed by atoms with Gasteiger partial charge in [-0.25, -0.2) is 0 Å². The van der Waals surface area contributed by atoms with Gasteiger partial charge in [-0.2, -0.15) is 0 Å². The summed E-state index contributed by atoms with van der Waals surface area (Å²) in [5.74, 6) is 1.11. The van der Waals surface area contributed by atoms with Crippen LogP contribution in [-0.2, 0) is 13.0 Å². The van der Waals surface area contributed by atoms with Crippen LogP contribution in [0, 0.1) is 0 Å². The first-order chi connectivity index (χ1) is 11.2. The van der Waals surface area contributed by atoms with Crippen molar-refractivity contribution in [3.8, 4) is 17.2 Å². The van der Waals surface area contributed by atoms with E-state index in [0.717, 1.165) is 24.0 Å². The van der Waals surface area contributed by atoms with Crippen molar-refractivity contribution in [2.24, 2.45) is 5.73 Å². The van der Waals surface area contributed by atoms with Crippen molar-refractivity contribution >= 4 is 0 Å². The lowest BCUT2D eigenvalue weighted by atomic mass is 9.98. The van der Waals surface area contributed by atoms with Crippen LogP contribution in [0.2, 0.25) is 0 Å². The van der Waals surface area contributed by atoms with Crippen LogP contribution in [0.25, 0.3) is 0 Å². The molecule has 0 bridgehead atoms. The van der Waals surface area contributed by atoms with Gasteiger partial charge in [0, 0.05) is 12.1 Å². The number of ether oxygens (including phenoxy) is 2. The summed E-state index contributed by atoms with van der Waals surface area (Å²) in [5.41, 5.74) is 7.66. The van der Waals surface area contributed by atoms with Gasteiger partial charge in [-0.3, -0.25) is 0 Å². The van der Waals surface area contributed by atoms with Gasteiger partial charge in [0.25, 0.3) is 0 Å². The van der Waals surface area contributed by atoms with Crippen LogP contribution in [0.4, 0.5) is 0 Å². The number of methoxy groups -OCH3 is 2. The number of hydrogen-bond donors (Lipinski definition) is 2. The molecule has 0 aliphatic heterocycles. The Kier molecular flexibility index (Phi) is 9.53. The molecule has 0 heterocycles. The molecule has 0 saturated heterocycles. The summed E-state index contributed by atoms with van der Waals surface area (Å²) >= 11 is 0. The molecule has 0 spiro atoms. The lowest BCUT2D eigenvalue weighted by molar-refractivity contribution is 0.330. The molecule has 4 heteroatoms. The number of phenols is 1. The molecule has 3 N–H and O–H groups in total. The normalized spacial score (nSPS) is 10.8. The van der Waals surface area contributed by atoms with Crippen LogP contribution in [0.5, 0.6) is 17.2 Å². The summed E-state index contributed by atoms with van der Waals surface area (Å²) < 4.78 is 10.5. The maximum atomic E-state index is 10.5. The third-order valence-corrected chi connectivity index (χ3v) is 4.34. The van der Waals surface area contributed by atoms with Crippen molar-refractivity contribution in [2.75, 3.05) is 14.2 Å². The lowest BCUT2D eigenvalue weighted by Gasteiger charge is -2.16. The van der Waals surface area contributed by atoms with Gasteiger partial charge in [-0.15, -0.1) is 0 Å². The number of aromatic hydroxyl groups is 1. The molecule has 0 unspecified atom stereocenters. The highest BCUT2D eigenvalue weighted by atomic mass is 16.5. The molecule has 132 valence electrons. The third-order valence-electron chi connectivity index (χ3n) is 4.34. The van der Waals surface area contributed by atoms with Crippen LogP contribution >= 0.6 is 0 Å². The molecule has 1 rings (SSSR count). The third kappa shape index (κ3) is 5.94. The highest BCUT2D eigenvalue weighted by Gasteiger charge is 2.18. The Hall–Kier alpha value is -1.42. The molecule has 0 amide bonds. The van der Waals surface area contributed by atoms with E-state index in [1.165, 1.54) is 44.9 Å². The zero-order valence-corrected chi connectivity index (χ0v) is 15.0. The fourth-order valence-electron chi connectivity index (χ4n) is 2.96. The zero-order valence-electron chi connectivity index (χ0n) is 15.0. The Morgan fingerprint density at radius 1 is 0.957 bits per heavy atom. The number of rotatable bonds is 12. The second kappa shape index (κ2) is 11.2. The molecule has 0 radical (unpaired) electrons. The van der Waals surface area contributed by atoms with E-state index in [9.17, 15) is 5.11 Å². The van der Waals surface area contributed by atoms with Gasteiger partial charge in [0.15, 0.2) is 11.5 Å². The van der Waals surface area contributed by atoms with Gasteiger partial charge < -0.3 is 20.3 Å². The Balaban J connectivity index is 2.55. The van der Waals surface area contributed by atoms with Gasteiger partial charge in [0.1, 0.15) is 0 Å². The highest BCUT2D eigenvalue weighted by Crippen LogP contribution is 2.41. The molecule has 23 heavy (non-hydrogen) atoms. The summed E-state index contributed by atoms with van der Waals surface area (Å²) in [6.45, 7) is 2.63. The summed E-state index contributed by atoms with van der Waals surface area (Å²) in [4.78, 5) is 0. The van der Waals surface area contributed by atoms with E-state index in [4.69, 9.17) is 15.2 Å². The number of hydrogen-bond acceptors (Lipinski definition) is 4. The Bertz CT molecular complexity index is 460.